The van der Waals surface area contributed by atoms with Crippen LogP contribution in [0.3, 0.4) is 0 Å². The summed E-state index contributed by atoms with van der Waals surface area (Å²) >= 11 is 1.21. The Morgan fingerprint density at radius 3 is 2.76 bits per heavy atom. The summed E-state index contributed by atoms with van der Waals surface area (Å²) in [6.45, 7) is 3.64. The molecule has 112 valence electrons. The molecule has 0 aliphatic carbocycles. The highest BCUT2D eigenvalue weighted by molar-refractivity contribution is 7.14. The second kappa shape index (κ2) is 5.88. The van der Waals surface area contributed by atoms with Crippen LogP contribution in [-0.2, 0) is 4.79 Å². The van der Waals surface area contributed by atoms with Crippen molar-refractivity contribution in [3.8, 4) is 11.8 Å². The van der Waals surface area contributed by atoms with Crippen LogP contribution in [0.25, 0.3) is 0 Å². The number of hydrogen-bond donors (Lipinski definition) is 2. The van der Waals surface area contributed by atoms with E-state index in [-0.39, 0.29) is 5.91 Å². The van der Waals surface area contributed by atoms with Gasteiger partial charge in [-0.3, -0.25) is 4.79 Å². The van der Waals surface area contributed by atoms with Crippen LogP contribution in [0.2, 0.25) is 0 Å². The fraction of sp³-hybridized carbons (Fsp3) is 0.467. The molecule has 0 radical (unpaired) electrons. The largest absolute Gasteiger partial charge is 0.480 e. The van der Waals surface area contributed by atoms with Gasteiger partial charge in [-0.1, -0.05) is 11.8 Å². The minimum atomic E-state index is -1.09. The van der Waals surface area contributed by atoms with Crippen LogP contribution in [0.5, 0.6) is 0 Å². The Morgan fingerprint density at radius 1 is 1.43 bits per heavy atom. The SMILES string of the molecule is CC(C)(O)C#Cc1ccc(C(=O)N2CCC[C@H]2C(=O)O)s1. The van der Waals surface area contributed by atoms with E-state index >= 15 is 0 Å². The molecule has 1 atom stereocenters. The topological polar surface area (TPSA) is 77.8 Å². The molecule has 1 aromatic heterocycles. The lowest BCUT2D eigenvalue weighted by molar-refractivity contribution is -0.141. The molecule has 2 heterocycles. The number of aliphatic hydroxyl groups is 1. The van der Waals surface area contributed by atoms with Crippen molar-refractivity contribution in [3.05, 3.63) is 21.9 Å². The van der Waals surface area contributed by atoms with Crippen molar-refractivity contribution in [3.63, 3.8) is 0 Å². The van der Waals surface area contributed by atoms with Gasteiger partial charge in [0.15, 0.2) is 0 Å². The molecule has 1 fully saturated rings. The van der Waals surface area contributed by atoms with Gasteiger partial charge in [-0.25, -0.2) is 4.79 Å². The Morgan fingerprint density at radius 2 is 2.14 bits per heavy atom. The number of carbonyl (C=O) groups excluding carboxylic acids is 1. The number of carboxylic acids is 1. The number of nitrogens with zero attached hydrogens (tertiary/aromatic N) is 1. The Labute approximate surface area is 127 Å². The van der Waals surface area contributed by atoms with Crippen LogP contribution in [-0.4, -0.2) is 45.2 Å². The average molecular weight is 307 g/mol. The fourth-order valence-electron chi connectivity index (χ4n) is 2.14. The van der Waals surface area contributed by atoms with Gasteiger partial charge in [0, 0.05) is 6.54 Å². The van der Waals surface area contributed by atoms with Gasteiger partial charge in [0.2, 0.25) is 0 Å². The van der Waals surface area contributed by atoms with E-state index in [9.17, 15) is 14.7 Å². The molecule has 2 N–H and O–H groups in total. The fourth-order valence-corrected chi connectivity index (χ4v) is 2.96. The number of likely N-dealkylation sites (tertiary alicyclic amines) is 1. The van der Waals surface area contributed by atoms with Crippen LogP contribution >= 0.6 is 11.3 Å². The van der Waals surface area contributed by atoms with E-state index < -0.39 is 17.6 Å². The number of carboxylic acid groups (broad SMARTS) is 1. The number of hydrogen-bond acceptors (Lipinski definition) is 4. The summed E-state index contributed by atoms with van der Waals surface area (Å²) in [5.74, 6) is 4.28. The molecular formula is C15H17NO4S. The molecule has 0 saturated carbocycles. The van der Waals surface area contributed by atoms with Gasteiger partial charge in [0.05, 0.1) is 9.75 Å². The van der Waals surface area contributed by atoms with Crippen molar-refractivity contribution >= 4 is 23.2 Å². The Balaban J connectivity index is 2.15. The van der Waals surface area contributed by atoms with E-state index in [0.29, 0.717) is 29.1 Å². The lowest BCUT2D eigenvalue weighted by Crippen LogP contribution is -2.40. The zero-order valence-electron chi connectivity index (χ0n) is 11.9. The van der Waals surface area contributed by atoms with Crippen molar-refractivity contribution < 1.29 is 19.8 Å². The van der Waals surface area contributed by atoms with Crippen molar-refractivity contribution in [2.75, 3.05) is 6.54 Å². The van der Waals surface area contributed by atoms with Gasteiger partial charge in [-0.15, -0.1) is 11.3 Å². The lowest BCUT2D eigenvalue weighted by atomic mass is 10.1. The van der Waals surface area contributed by atoms with E-state index in [4.69, 9.17) is 5.11 Å². The minimum Gasteiger partial charge on any atom is -0.480 e. The summed E-state index contributed by atoms with van der Waals surface area (Å²) in [5, 5.41) is 18.7. The predicted octanol–water partition coefficient (Wildman–Crippen LogP) is 1.56. The first-order valence-electron chi connectivity index (χ1n) is 6.67. The van der Waals surface area contributed by atoms with Gasteiger partial charge in [0.25, 0.3) is 5.91 Å². The third-order valence-corrected chi connectivity index (χ3v) is 4.10. The Hall–Kier alpha value is -1.84. The minimum absolute atomic E-state index is 0.263. The highest BCUT2D eigenvalue weighted by atomic mass is 32.1. The lowest BCUT2D eigenvalue weighted by Gasteiger charge is -2.20. The summed E-state index contributed by atoms with van der Waals surface area (Å²) in [4.78, 5) is 26.0. The van der Waals surface area contributed by atoms with Crippen LogP contribution in [0, 0.1) is 11.8 Å². The number of aliphatic carboxylic acids is 1. The monoisotopic (exact) mass is 307 g/mol. The molecule has 21 heavy (non-hydrogen) atoms. The molecule has 1 saturated heterocycles. The zero-order valence-corrected chi connectivity index (χ0v) is 12.7. The van der Waals surface area contributed by atoms with Gasteiger partial charge in [0.1, 0.15) is 11.6 Å². The molecule has 1 aliphatic rings. The molecule has 1 amide bonds. The molecular weight excluding hydrogens is 290 g/mol. The van der Waals surface area contributed by atoms with E-state index in [1.807, 2.05) is 0 Å². The van der Waals surface area contributed by atoms with E-state index in [1.165, 1.54) is 16.2 Å². The summed E-state index contributed by atoms with van der Waals surface area (Å²) in [6, 6.07) is 2.63. The second-order valence-corrected chi connectivity index (χ2v) is 6.55. The maximum atomic E-state index is 12.4. The molecule has 1 aromatic rings. The summed E-state index contributed by atoms with van der Waals surface area (Å²) in [6.07, 6.45) is 1.21. The zero-order chi connectivity index (χ0) is 15.6. The number of amides is 1. The van der Waals surface area contributed by atoms with E-state index in [0.717, 1.165) is 0 Å². The molecule has 0 spiro atoms. The number of rotatable bonds is 2. The van der Waals surface area contributed by atoms with Gasteiger partial charge in [-0.05, 0) is 38.8 Å². The summed E-state index contributed by atoms with van der Waals surface area (Å²) in [5.41, 5.74) is -1.09. The summed E-state index contributed by atoms with van der Waals surface area (Å²) in [7, 11) is 0. The first-order valence-corrected chi connectivity index (χ1v) is 7.49. The summed E-state index contributed by atoms with van der Waals surface area (Å²) < 4.78 is 0. The maximum absolute atomic E-state index is 12.4. The molecule has 6 heteroatoms. The van der Waals surface area contributed by atoms with Crippen LogP contribution in [0.4, 0.5) is 0 Å². The van der Waals surface area contributed by atoms with Crippen molar-refractivity contribution in [1.82, 2.24) is 4.90 Å². The molecule has 0 bridgehead atoms. The highest BCUT2D eigenvalue weighted by Gasteiger charge is 2.34. The predicted molar refractivity (Wildman–Crippen MR) is 79.2 cm³/mol. The van der Waals surface area contributed by atoms with Gasteiger partial charge in [-0.2, -0.15) is 0 Å². The Bertz CT molecular complexity index is 618. The maximum Gasteiger partial charge on any atom is 0.326 e. The second-order valence-electron chi connectivity index (χ2n) is 5.47. The Kier molecular flexibility index (Phi) is 4.35. The van der Waals surface area contributed by atoms with Crippen molar-refractivity contribution in [1.29, 1.82) is 0 Å². The van der Waals surface area contributed by atoms with Crippen LogP contribution < -0.4 is 0 Å². The molecule has 2 rings (SSSR count). The number of carbonyl (C=O) groups is 2. The first-order chi connectivity index (χ1) is 9.78. The first kappa shape index (κ1) is 15.5. The standard InChI is InChI=1S/C15H17NO4S/c1-15(2,20)8-7-10-5-6-12(21-10)13(17)16-9-3-4-11(16)14(18)19/h5-6,11,20H,3-4,9H2,1-2H3,(H,18,19)/t11-/m0/s1. The number of thiophene rings is 1. The molecule has 0 aromatic carbocycles. The van der Waals surface area contributed by atoms with Crippen LogP contribution in [0.15, 0.2) is 12.1 Å². The van der Waals surface area contributed by atoms with Crippen molar-refractivity contribution in [2.45, 2.75) is 38.3 Å². The quantitative estimate of drug-likeness (QED) is 0.813. The smallest absolute Gasteiger partial charge is 0.326 e. The highest BCUT2D eigenvalue weighted by Crippen LogP contribution is 2.24. The normalized spacial score (nSPS) is 18.2. The van der Waals surface area contributed by atoms with E-state index in [1.54, 1.807) is 26.0 Å². The third-order valence-electron chi connectivity index (χ3n) is 3.11. The van der Waals surface area contributed by atoms with Crippen molar-refractivity contribution in [2.24, 2.45) is 0 Å². The molecule has 1 aliphatic heterocycles. The van der Waals surface area contributed by atoms with Gasteiger partial charge < -0.3 is 15.1 Å². The molecule has 0 unspecified atom stereocenters. The van der Waals surface area contributed by atoms with E-state index in [2.05, 4.69) is 11.8 Å². The van der Waals surface area contributed by atoms with Crippen LogP contribution in [0.1, 0.15) is 41.2 Å². The average Bonchev–Trinajstić information content (AvgIpc) is 3.04. The molecule has 5 nitrogen and oxygen atoms in total. The third kappa shape index (κ3) is 3.84. The van der Waals surface area contributed by atoms with Gasteiger partial charge >= 0.3 is 5.97 Å².